The lowest BCUT2D eigenvalue weighted by molar-refractivity contribution is 0.208. The third-order valence-electron chi connectivity index (χ3n) is 5.72. The summed E-state index contributed by atoms with van der Waals surface area (Å²) < 4.78 is 0. The van der Waals surface area contributed by atoms with Crippen molar-refractivity contribution in [2.45, 2.75) is 20.8 Å². The smallest absolute Gasteiger partial charge is 0.321 e. The first-order valence-electron chi connectivity index (χ1n) is 10.3. The first-order chi connectivity index (χ1) is 14.5. The molecule has 1 saturated heterocycles. The van der Waals surface area contributed by atoms with Gasteiger partial charge >= 0.3 is 6.03 Å². The number of carbonyl (C=O) groups is 1. The Balaban J connectivity index is 1.35. The molecule has 6 nitrogen and oxygen atoms in total. The van der Waals surface area contributed by atoms with Crippen LogP contribution in [-0.4, -0.2) is 47.3 Å². The van der Waals surface area contributed by atoms with Gasteiger partial charge in [0.15, 0.2) is 5.82 Å². The quantitative estimate of drug-likeness (QED) is 0.706. The van der Waals surface area contributed by atoms with Crippen molar-refractivity contribution in [2.75, 3.05) is 36.4 Å². The van der Waals surface area contributed by atoms with E-state index in [-0.39, 0.29) is 6.03 Å². The molecular weight excluding hydrogens is 374 g/mol. The van der Waals surface area contributed by atoms with Crippen LogP contribution < -0.4 is 10.2 Å². The summed E-state index contributed by atoms with van der Waals surface area (Å²) in [7, 11) is 0. The Morgan fingerprint density at radius 3 is 2.27 bits per heavy atom. The Morgan fingerprint density at radius 2 is 1.60 bits per heavy atom. The van der Waals surface area contributed by atoms with E-state index in [0.29, 0.717) is 13.1 Å². The number of aryl methyl sites for hydroxylation is 3. The number of amides is 2. The van der Waals surface area contributed by atoms with E-state index in [1.54, 1.807) is 0 Å². The molecule has 1 aromatic heterocycles. The van der Waals surface area contributed by atoms with Gasteiger partial charge in [-0.25, -0.2) is 4.79 Å². The summed E-state index contributed by atoms with van der Waals surface area (Å²) in [5.41, 5.74) is 6.39. The zero-order valence-electron chi connectivity index (χ0n) is 17.7. The second-order valence-corrected chi connectivity index (χ2v) is 7.79. The molecule has 4 rings (SSSR count). The lowest BCUT2D eigenvalue weighted by atomic mass is 10.1. The molecule has 1 aliphatic heterocycles. The van der Waals surface area contributed by atoms with Gasteiger partial charge in [-0.15, -0.1) is 10.2 Å². The average Bonchev–Trinajstić information content (AvgIpc) is 2.77. The monoisotopic (exact) mass is 401 g/mol. The molecule has 154 valence electrons. The number of nitrogens with zero attached hydrogens (tertiary/aromatic N) is 4. The first-order valence-corrected chi connectivity index (χ1v) is 10.3. The minimum absolute atomic E-state index is 0.0566. The van der Waals surface area contributed by atoms with E-state index in [9.17, 15) is 4.79 Å². The minimum atomic E-state index is -0.0566. The largest absolute Gasteiger partial charge is 0.352 e. The Kier molecular flexibility index (Phi) is 5.65. The van der Waals surface area contributed by atoms with E-state index in [4.69, 9.17) is 0 Å². The number of aromatic nitrogens is 2. The Bertz CT molecular complexity index is 1040. The van der Waals surface area contributed by atoms with Gasteiger partial charge in [0.25, 0.3) is 0 Å². The molecule has 0 aliphatic carbocycles. The summed E-state index contributed by atoms with van der Waals surface area (Å²) in [5.74, 6) is 0.849. The second-order valence-electron chi connectivity index (χ2n) is 7.79. The molecule has 0 bridgehead atoms. The van der Waals surface area contributed by atoms with Gasteiger partial charge in [-0.3, -0.25) is 0 Å². The Labute approximate surface area is 177 Å². The summed E-state index contributed by atoms with van der Waals surface area (Å²) in [6.45, 7) is 8.96. The van der Waals surface area contributed by atoms with Gasteiger partial charge in [0.1, 0.15) is 0 Å². The number of carbonyl (C=O) groups excluding carboxylic acids is 1. The van der Waals surface area contributed by atoms with Gasteiger partial charge in [0, 0.05) is 37.4 Å². The molecule has 2 aromatic carbocycles. The molecule has 0 saturated carbocycles. The Hall–Kier alpha value is -3.41. The van der Waals surface area contributed by atoms with Gasteiger partial charge in [0.2, 0.25) is 0 Å². The predicted octanol–water partition coefficient (Wildman–Crippen LogP) is 4.42. The van der Waals surface area contributed by atoms with Crippen LogP contribution in [0, 0.1) is 20.8 Å². The Morgan fingerprint density at radius 1 is 0.833 bits per heavy atom. The van der Waals surface area contributed by atoms with Crippen molar-refractivity contribution in [1.29, 1.82) is 0 Å². The number of hydrogen-bond donors (Lipinski definition) is 1. The number of anilines is 2. The van der Waals surface area contributed by atoms with Crippen molar-refractivity contribution >= 4 is 17.5 Å². The summed E-state index contributed by atoms with van der Waals surface area (Å²) in [4.78, 5) is 16.6. The van der Waals surface area contributed by atoms with Crippen molar-refractivity contribution in [3.63, 3.8) is 0 Å². The molecule has 0 radical (unpaired) electrons. The van der Waals surface area contributed by atoms with Crippen molar-refractivity contribution < 1.29 is 4.79 Å². The van der Waals surface area contributed by atoms with E-state index < -0.39 is 0 Å². The summed E-state index contributed by atoms with van der Waals surface area (Å²) >= 11 is 0. The fourth-order valence-corrected chi connectivity index (χ4v) is 3.66. The number of benzene rings is 2. The highest BCUT2D eigenvalue weighted by molar-refractivity contribution is 5.89. The number of urea groups is 1. The summed E-state index contributed by atoms with van der Waals surface area (Å²) in [6.07, 6.45) is 0. The third-order valence-corrected chi connectivity index (χ3v) is 5.72. The molecule has 0 spiro atoms. The average molecular weight is 402 g/mol. The number of nitrogens with one attached hydrogen (secondary N) is 1. The van der Waals surface area contributed by atoms with Crippen LogP contribution in [0.4, 0.5) is 16.3 Å². The summed E-state index contributed by atoms with van der Waals surface area (Å²) in [5, 5.41) is 11.9. The molecule has 2 amide bonds. The fraction of sp³-hybridized carbons (Fsp3) is 0.292. The van der Waals surface area contributed by atoms with E-state index in [0.717, 1.165) is 35.9 Å². The first kappa shape index (κ1) is 19.9. The maximum atomic E-state index is 12.6. The molecule has 6 heteroatoms. The van der Waals surface area contributed by atoms with E-state index in [1.165, 1.54) is 16.7 Å². The highest BCUT2D eigenvalue weighted by atomic mass is 16.2. The fourth-order valence-electron chi connectivity index (χ4n) is 3.66. The number of rotatable bonds is 3. The van der Waals surface area contributed by atoms with E-state index >= 15 is 0 Å². The highest BCUT2D eigenvalue weighted by Gasteiger charge is 2.22. The highest BCUT2D eigenvalue weighted by Crippen LogP contribution is 2.22. The number of piperazine rings is 1. The maximum Gasteiger partial charge on any atom is 0.321 e. The van der Waals surface area contributed by atoms with Crippen molar-refractivity contribution in [3.05, 3.63) is 71.3 Å². The normalized spacial score (nSPS) is 14.0. The van der Waals surface area contributed by atoms with Gasteiger partial charge in [-0.2, -0.15) is 0 Å². The molecule has 0 unspecified atom stereocenters. The van der Waals surface area contributed by atoms with Crippen LogP contribution in [0.5, 0.6) is 0 Å². The zero-order valence-corrected chi connectivity index (χ0v) is 17.7. The molecule has 1 N–H and O–H groups in total. The van der Waals surface area contributed by atoms with Crippen molar-refractivity contribution in [1.82, 2.24) is 15.1 Å². The van der Waals surface area contributed by atoms with Crippen molar-refractivity contribution in [3.8, 4) is 11.3 Å². The molecular formula is C24H27N5O. The van der Waals surface area contributed by atoms with E-state index in [2.05, 4.69) is 53.3 Å². The van der Waals surface area contributed by atoms with Crippen molar-refractivity contribution in [2.24, 2.45) is 0 Å². The van der Waals surface area contributed by atoms with Gasteiger partial charge < -0.3 is 15.1 Å². The summed E-state index contributed by atoms with van der Waals surface area (Å²) in [6, 6.07) is 18.1. The lowest BCUT2D eigenvalue weighted by Crippen LogP contribution is -2.50. The molecule has 1 aliphatic rings. The van der Waals surface area contributed by atoms with Crippen LogP contribution in [0.15, 0.2) is 54.6 Å². The maximum absolute atomic E-state index is 12.6. The van der Waals surface area contributed by atoms with Crippen LogP contribution in [0.1, 0.15) is 16.7 Å². The van der Waals surface area contributed by atoms with Gasteiger partial charge in [-0.1, -0.05) is 30.3 Å². The lowest BCUT2D eigenvalue weighted by Gasteiger charge is -2.35. The minimum Gasteiger partial charge on any atom is -0.352 e. The standard InChI is InChI=1S/C24H27N5O/c1-17-8-9-20(16-19(17)3)25-24(30)29-14-12-28(13-15-29)23-11-10-22(26-27-23)21-7-5-4-6-18(21)2/h4-11,16H,12-15H2,1-3H3,(H,25,30). The zero-order chi connectivity index (χ0) is 21.1. The van der Waals surface area contributed by atoms with Gasteiger partial charge in [-0.05, 0) is 61.7 Å². The van der Waals surface area contributed by atoms with Crippen LogP contribution in [-0.2, 0) is 0 Å². The van der Waals surface area contributed by atoms with Gasteiger partial charge in [0.05, 0.1) is 5.69 Å². The SMILES string of the molecule is Cc1ccc(NC(=O)N2CCN(c3ccc(-c4ccccc4C)nn3)CC2)cc1C. The molecule has 1 fully saturated rings. The van der Waals surface area contributed by atoms with E-state index in [1.807, 2.05) is 47.4 Å². The van der Waals surface area contributed by atoms with Crippen LogP contribution in [0.3, 0.4) is 0 Å². The predicted molar refractivity (Wildman–Crippen MR) is 121 cm³/mol. The second kappa shape index (κ2) is 8.53. The third kappa shape index (κ3) is 4.27. The topological polar surface area (TPSA) is 61.4 Å². The molecule has 2 heterocycles. The molecule has 0 atom stereocenters. The molecule has 30 heavy (non-hydrogen) atoms. The van der Waals surface area contributed by atoms with Crippen LogP contribution in [0.2, 0.25) is 0 Å². The molecule has 3 aromatic rings. The number of hydrogen-bond acceptors (Lipinski definition) is 4. The van der Waals surface area contributed by atoms with Crippen LogP contribution in [0.25, 0.3) is 11.3 Å². The van der Waals surface area contributed by atoms with Crippen LogP contribution >= 0.6 is 0 Å².